The Bertz CT molecular complexity index is 284. The third-order valence-corrected chi connectivity index (χ3v) is 1.42. The van der Waals surface area contributed by atoms with Crippen LogP contribution in [0.4, 0.5) is 5.69 Å². The third-order valence-electron chi connectivity index (χ3n) is 1.42. The molecule has 0 saturated heterocycles. The van der Waals surface area contributed by atoms with Gasteiger partial charge in [-0.3, -0.25) is 0 Å². The molecule has 0 aliphatic rings. The number of hydrogen-bond donors (Lipinski definition) is 3. The van der Waals surface area contributed by atoms with E-state index in [0.717, 1.165) is 0 Å². The van der Waals surface area contributed by atoms with Crippen molar-refractivity contribution in [1.29, 1.82) is 0 Å². The lowest BCUT2D eigenvalue weighted by atomic mass is 10.2. The quantitative estimate of drug-likeness (QED) is 0.363. The molecule has 1 rings (SSSR count). The van der Waals surface area contributed by atoms with Crippen LogP contribution in [0.2, 0.25) is 0 Å². The van der Waals surface area contributed by atoms with E-state index in [-0.39, 0.29) is 11.5 Å². The number of anilines is 1. The van der Waals surface area contributed by atoms with Crippen molar-refractivity contribution in [2.75, 3.05) is 11.9 Å². The van der Waals surface area contributed by atoms with E-state index in [1.54, 1.807) is 6.08 Å². The highest BCUT2D eigenvalue weighted by atomic mass is 16.3. The van der Waals surface area contributed by atoms with Gasteiger partial charge in [-0.05, 0) is 12.1 Å². The predicted molar refractivity (Wildman–Crippen MR) is 48.5 cm³/mol. The molecule has 3 N–H and O–H groups in total. The van der Waals surface area contributed by atoms with E-state index < -0.39 is 0 Å². The average Bonchev–Trinajstić information content (AvgIpc) is 2.07. The van der Waals surface area contributed by atoms with Crippen LogP contribution in [0.1, 0.15) is 0 Å². The summed E-state index contributed by atoms with van der Waals surface area (Å²) in [5, 5.41) is 21.2. The minimum absolute atomic E-state index is 0.120. The number of phenols is 2. The number of nitrogens with one attached hydrogen (secondary N) is 1. The number of phenolic OH excluding ortho intramolecular Hbond substituents is 2. The van der Waals surface area contributed by atoms with Crippen LogP contribution in [0.25, 0.3) is 0 Å². The van der Waals surface area contributed by atoms with Crippen LogP contribution in [0.3, 0.4) is 0 Å². The van der Waals surface area contributed by atoms with E-state index in [0.29, 0.717) is 12.2 Å². The number of hydrogen-bond acceptors (Lipinski definition) is 3. The molecule has 0 heterocycles. The lowest BCUT2D eigenvalue weighted by Gasteiger charge is -2.05. The maximum absolute atomic E-state index is 9.25. The van der Waals surface area contributed by atoms with Gasteiger partial charge >= 0.3 is 0 Å². The summed E-state index contributed by atoms with van der Waals surface area (Å²) >= 11 is 0. The van der Waals surface area contributed by atoms with Crippen LogP contribution in [-0.2, 0) is 0 Å². The normalized spacial score (nSPS) is 9.33. The van der Waals surface area contributed by atoms with Crippen molar-refractivity contribution >= 4 is 5.69 Å². The van der Waals surface area contributed by atoms with Gasteiger partial charge in [-0.25, -0.2) is 0 Å². The fraction of sp³-hybridized carbons (Fsp3) is 0.111. The molecule has 0 radical (unpaired) electrons. The molecule has 0 atom stereocenters. The van der Waals surface area contributed by atoms with Crippen LogP contribution >= 0.6 is 0 Å². The molecule has 1 aromatic rings. The zero-order chi connectivity index (χ0) is 8.97. The van der Waals surface area contributed by atoms with E-state index in [2.05, 4.69) is 11.9 Å². The van der Waals surface area contributed by atoms with Crippen LogP contribution in [0, 0.1) is 0 Å². The van der Waals surface area contributed by atoms with Crippen molar-refractivity contribution in [3.63, 3.8) is 0 Å². The van der Waals surface area contributed by atoms with Crippen LogP contribution in [0.15, 0.2) is 30.9 Å². The van der Waals surface area contributed by atoms with E-state index in [9.17, 15) is 5.11 Å². The maximum atomic E-state index is 9.25. The molecule has 64 valence electrons. The van der Waals surface area contributed by atoms with Gasteiger partial charge in [-0.15, -0.1) is 6.58 Å². The van der Waals surface area contributed by atoms with Gasteiger partial charge in [0.05, 0.1) is 5.69 Å². The van der Waals surface area contributed by atoms with E-state index in [1.165, 1.54) is 18.2 Å². The Balaban J connectivity index is 2.82. The Hall–Kier alpha value is -1.64. The average molecular weight is 165 g/mol. The summed E-state index contributed by atoms with van der Waals surface area (Å²) in [6.07, 6.45) is 1.67. The summed E-state index contributed by atoms with van der Waals surface area (Å²) in [5.41, 5.74) is 0.509. The highest BCUT2D eigenvalue weighted by molar-refractivity contribution is 5.58. The van der Waals surface area contributed by atoms with Gasteiger partial charge in [0.1, 0.15) is 11.5 Å². The molecule has 1 aromatic carbocycles. The highest BCUT2D eigenvalue weighted by Gasteiger charge is 1.99. The first kappa shape index (κ1) is 8.46. The first-order valence-corrected chi connectivity index (χ1v) is 3.61. The molecule has 0 amide bonds. The highest BCUT2D eigenvalue weighted by Crippen LogP contribution is 2.26. The predicted octanol–water partition coefficient (Wildman–Crippen LogP) is 1.70. The fourth-order valence-corrected chi connectivity index (χ4v) is 0.848. The van der Waals surface area contributed by atoms with Gasteiger partial charge in [0.15, 0.2) is 0 Å². The zero-order valence-corrected chi connectivity index (χ0v) is 6.62. The molecular formula is C9H11NO2. The maximum Gasteiger partial charge on any atom is 0.138 e. The topological polar surface area (TPSA) is 52.5 Å². The van der Waals surface area contributed by atoms with Gasteiger partial charge in [0.25, 0.3) is 0 Å². The minimum atomic E-state index is 0.120. The monoisotopic (exact) mass is 165 g/mol. The van der Waals surface area contributed by atoms with Crippen molar-refractivity contribution < 1.29 is 10.2 Å². The van der Waals surface area contributed by atoms with Crippen molar-refractivity contribution in [3.05, 3.63) is 30.9 Å². The Morgan fingerprint density at radius 3 is 2.83 bits per heavy atom. The van der Waals surface area contributed by atoms with Gasteiger partial charge in [0, 0.05) is 12.6 Å². The lowest BCUT2D eigenvalue weighted by molar-refractivity contribution is 0.462. The van der Waals surface area contributed by atoms with Gasteiger partial charge in [-0.1, -0.05) is 6.08 Å². The number of aromatic hydroxyl groups is 2. The second-order valence-electron chi connectivity index (χ2n) is 2.37. The van der Waals surface area contributed by atoms with E-state index in [4.69, 9.17) is 5.11 Å². The number of benzene rings is 1. The molecular weight excluding hydrogens is 154 g/mol. The fourth-order valence-electron chi connectivity index (χ4n) is 0.848. The van der Waals surface area contributed by atoms with Crippen molar-refractivity contribution in [2.24, 2.45) is 0 Å². The Labute approximate surface area is 71.0 Å². The third kappa shape index (κ3) is 1.92. The second-order valence-corrected chi connectivity index (χ2v) is 2.37. The number of rotatable bonds is 3. The van der Waals surface area contributed by atoms with Crippen molar-refractivity contribution in [1.82, 2.24) is 0 Å². The molecule has 0 bridgehead atoms. The molecule has 0 unspecified atom stereocenters. The molecule has 3 heteroatoms. The summed E-state index contributed by atoms with van der Waals surface area (Å²) in [4.78, 5) is 0. The lowest BCUT2D eigenvalue weighted by Crippen LogP contribution is -1.97. The van der Waals surface area contributed by atoms with Crippen LogP contribution < -0.4 is 5.32 Å². The molecule has 0 spiro atoms. The van der Waals surface area contributed by atoms with E-state index >= 15 is 0 Å². The second kappa shape index (κ2) is 3.67. The molecule has 0 aromatic heterocycles. The van der Waals surface area contributed by atoms with Gasteiger partial charge < -0.3 is 15.5 Å². The summed E-state index contributed by atoms with van der Waals surface area (Å²) in [6, 6.07) is 4.31. The zero-order valence-electron chi connectivity index (χ0n) is 6.62. The minimum Gasteiger partial charge on any atom is -0.508 e. The van der Waals surface area contributed by atoms with E-state index in [1.807, 2.05) is 0 Å². The summed E-state index contributed by atoms with van der Waals surface area (Å²) in [5.74, 6) is 0.244. The first-order chi connectivity index (χ1) is 5.74. The molecule has 12 heavy (non-hydrogen) atoms. The van der Waals surface area contributed by atoms with Crippen LogP contribution in [-0.4, -0.2) is 16.8 Å². The smallest absolute Gasteiger partial charge is 0.138 e. The molecule has 0 aliphatic heterocycles. The largest absolute Gasteiger partial charge is 0.508 e. The Morgan fingerprint density at radius 1 is 1.42 bits per heavy atom. The standard InChI is InChI=1S/C9H11NO2/c1-2-5-10-8-6-7(11)3-4-9(8)12/h2-4,6,10-12H,1,5H2. The molecule has 3 nitrogen and oxygen atoms in total. The SMILES string of the molecule is C=CCNc1cc(O)ccc1O. The first-order valence-electron chi connectivity index (χ1n) is 3.61. The Kier molecular flexibility index (Phi) is 2.58. The van der Waals surface area contributed by atoms with Crippen LogP contribution in [0.5, 0.6) is 11.5 Å². The van der Waals surface area contributed by atoms with Gasteiger partial charge in [0.2, 0.25) is 0 Å². The van der Waals surface area contributed by atoms with Crippen molar-refractivity contribution in [3.8, 4) is 11.5 Å². The summed E-state index contributed by atoms with van der Waals surface area (Å²) in [7, 11) is 0. The molecule has 0 saturated carbocycles. The summed E-state index contributed by atoms with van der Waals surface area (Å²) < 4.78 is 0. The Morgan fingerprint density at radius 2 is 2.17 bits per heavy atom. The molecule has 0 fully saturated rings. The molecule has 0 aliphatic carbocycles. The summed E-state index contributed by atoms with van der Waals surface area (Å²) in [6.45, 7) is 4.07. The van der Waals surface area contributed by atoms with Gasteiger partial charge in [-0.2, -0.15) is 0 Å². The van der Waals surface area contributed by atoms with Crippen molar-refractivity contribution in [2.45, 2.75) is 0 Å².